The van der Waals surface area contributed by atoms with Gasteiger partial charge in [-0.15, -0.1) is 0 Å². The fourth-order valence-corrected chi connectivity index (χ4v) is 1.97. The van der Waals surface area contributed by atoms with Crippen LogP contribution in [0.2, 0.25) is 0 Å². The monoisotopic (exact) mass is 315 g/mol. The molecule has 0 aliphatic heterocycles. The number of ether oxygens (including phenoxy) is 2. The molecule has 4 heteroatoms. The molecule has 0 heterocycles. The van der Waals surface area contributed by atoms with Crippen LogP contribution < -0.4 is 10.5 Å². The summed E-state index contributed by atoms with van der Waals surface area (Å²) in [4.78, 5) is 0. The molecule has 0 fully saturated rings. The van der Waals surface area contributed by atoms with Crippen molar-refractivity contribution in [2.75, 3.05) is 26.4 Å². The van der Waals surface area contributed by atoms with E-state index in [-0.39, 0.29) is 0 Å². The van der Waals surface area contributed by atoms with E-state index >= 15 is 0 Å². The highest BCUT2D eigenvalue weighted by molar-refractivity contribution is 9.10. The summed E-state index contributed by atoms with van der Waals surface area (Å²) >= 11 is 3.50. The largest absolute Gasteiger partial charge is 0.491 e. The summed E-state index contributed by atoms with van der Waals surface area (Å²) in [6, 6.07) is 5.97. The number of hydrogen-bond donors (Lipinski definition) is 1. The van der Waals surface area contributed by atoms with E-state index in [2.05, 4.69) is 29.8 Å². The molecule has 0 aromatic heterocycles. The molecule has 1 rings (SSSR count). The molecule has 0 saturated carbocycles. The van der Waals surface area contributed by atoms with Gasteiger partial charge in [0, 0.05) is 11.1 Å². The maximum absolute atomic E-state index is 5.64. The molecular weight excluding hydrogens is 294 g/mol. The van der Waals surface area contributed by atoms with E-state index in [0.29, 0.717) is 25.7 Å². The molecular formula is C14H22BrNO2. The lowest BCUT2D eigenvalue weighted by molar-refractivity contribution is 0.0819. The van der Waals surface area contributed by atoms with Gasteiger partial charge in [-0.1, -0.05) is 29.8 Å². The van der Waals surface area contributed by atoms with Crippen molar-refractivity contribution in [2.24, 2.45) is 11.7 Å². The highest BCUT2D eigenvalue weighted by Crippen LogP contribution is 2.22. The summed E-state index contributed by atoms with van der Waals surface area (Å²) in [5.74, 6) is 1.43. The van der Waals surface area contributed by atoms with Gasteiger partial charge in [-0.3, -0.25) is 0 Å². The standard InChI is InChI=1S/C14H22BrNO2/c1-11(2)10-17-7-8-18-13-3-4-14(15)12(9-13)5-6-16/h3-4,9,11H,5-8,10,16H2,1-2H3. The van der Waals surface area contributed by atoms with Crippen molar-refractivity contribution in [1.29, 1.82) is 0 Å². The predicted molar refractivity (Wildman–Crippen MR) is 78.1 cm³/mol. The van der Waals surface area contributed by atoms with E-state index in [4.69, 9.17) is 15.2 Å². The molecule has 1 aromatic rings. The van der Waals surface area contributed by atoms with Crippen LogP contribution in [0.1, 0.15) is 19.4 Å². The minimum atomic E-state index is 0.564. The van der Waals surface area contributed by atoms with E-state index in [1.165, 1.54) is 5.56 Å². The van der Waals surface area contributed by atoms with E-state index in [1.54, 1.807) is 0 Å². The Balaban J connectivity index is 2.35. The molecule has 102 valence electrons. The Morgan fingerprint density at radius 2 is 2.06 bits per heavy atom. The maximum atomic E-state index is 5.64. The zero-order valence-corrected chi connectivity index (χ0v) is 12.7. The van der Waals surface area contributed by atoms with Crippen LogP contribution in [0.4, 0.5) is 0 Å². The van der Waals surface area contributed by atoms with Crippen molar-refractivity contribution >= 4 is 15.9 Å². The Morgan fingerprint density at radius 1 is 1.28 bits per heavy atom. The smallest absolute Gasteiger partial charge is 0.119 e. The van der Waals surface area contributed by atoms with Crippen LogP contribution in [0.15, 0.2) is 22.7 Å². The second-order valence-corrected chi connectivity index (χ2v) is 5.46. The third kappa shape index (κ3) is 5.85. The van der Waals surface area contributed by atoms with Crippen LogP contribution in [0.3, 0.4) is 0 Å². The molecule has 0 aliphatic rings. The molecule has 3 nitrogen and oxygen atoms in total. The van der Waals surface area contributed by atoms with Crippen molar-refractivity contribution in [2.45, 2.75) is 20.3 Å². The van der Waals surface area contributed by atoms with E-state index < -0.39 is 0 Å². The Kier molecular flexibility index (Phi) is 7.32. The number of rotatable bonds is 8. The van der Waals surface area contributed by atoms with Gasteiger partial charge in [-0.25, -0.2) is 0 Å². The third-order valence-corrected chi connectivity index (χ3v) is 3.15. The minimum Gasteiger partial charge on any atom is -0.491 e. The molecule has 0 unspecified atom stereocenters. The Hall–Kier alpha value is -0.580. The van der Waals surface area contributed by atoms with E-state index in [1.807, 2.05) is 18.2 Å². The van der Waals surface area contributed by atoms with Crippen LogP contribution in [0, 0.1) is 5.92 Å². The van der Waals surface area contributed by atoms with Crippen molar-refractivity contribution < 1.29 is 9.47 Å². The topological polar surface area (TPSA) is 44.5 Å². The highest BCUT2D eigenvalue weighted by Gasteiger charge is 2.02. The molecule has 0 bridgehead atoms. The second-order valence-electron chi connectivity index (χ2n) is 4.61. The summed E-state index contributed by atoms with van der Waals surface area (Å²) < 4.78 is 12.2. The number of halogens is 1. The van der Waals surface area contributed by atoms with Crippen molar-refractivity contribution in [3.8, 4) is 5.75 Å². The second kappa shape index (κ2) is 8.51. The first-order valence-corrected chi connectivity index (χ1v) is 7.11. The quantitative estimate of drug-likeness (QED) is 0.750. The zero-order valence-electron chi connectivity index (χ0n) is 11.1. The Bertz CT molecular complexity index is 356. The summed E-state index contributed by atoms with van der Waals surface area (Å²) in [6.07, 6.45) is 0.849. The minimum absolute atomic E-state index is 0.564. The first-order chi connectivity index (χ1) is 8.63. The van der Waals surface area contributed by atoms with Gasteiger partial charge in [0.2, 0.25) is 0 Å². The van der Waals surface area contributed by atoms with Gasteiger partial charge in [0.1, 0.15) is 12.4 Å². The highest BCUT2D eigenvalue weighted by atomic mass is 79.9. The van der Waals surface area contributed by atoms with E-state index in [9.17, 15) is 0 Å². The van der Waals surface area contributed by atoms with Crippen molar-refractivity contribution in [3.63, 3.8) is 0 Å². The van der Waals surface area contributed by atoms with Gasteiger partial charge in [0.15, 0.2) is 0 Å². The van der Waals surface area contributed by atoms with Gasteiger partial charge in [-0.05, 0) is 42.6 Å². The summed E-state index contributed by atoms with van der Waals surface area (Å²) in [6.45, 7) is 6.89. The molecule has 0 saturated heterocycles. The molecule has 0 radical (unpaired) electrons. The number of hydrogen-bond acceptors (Lipinski definition) is 3. The summed E-state index contributed by atoms with van der Waals surface area (Å²) in [5, 5.41) is 0. The van der Waals surface area contributed by atoms with Crippen molar-refractivity contribution in [1.82, 2.24) is 0 Å². The maximum Gasteiger partial charge on any atom is 0.119 e. The first-order valence-electron chi connectivity index (χ1n) is 6.32. The van der Waals surface area contributed by atoms with Crippen molar-refractivity contribution in [3.05, 3.63) is 28.2 Å². The first kappa shape index (κ1) is 15.5. The molecule has 1 aromatic carbocycles. The lowest BCUT2D eigenvalue weighted by Crippen LogP contribution is -2.10. The normalized spacial score (nSPS) is 10.9. The molecule has 0 atom stereocenters. The SMILES string of the molecule is CC(C)COCCOc1ccc(Br)c(CCN)c1. The predicted octanol–water partition coefficient (Wildman–Crippen LogP) is 3.00. The summed E-state index contributed by atoms with van der Waals surface area (Å²) in [5.41, 5.74) is 6.74. The van der Waals surface area contributed by atoms with Gasteiger partial charge in [0.05, 0.1) is 6.61 Å². The van der Waals surface area contributed by atoms with Crippen LogP contribution in [0.25, 0.3) is 0 Å². The molecule has 0 spiro atoms. The van der Waals surface area contributed by atoms with Gasteiger partial charge >= 0.3 is 0 Å². The van der Waals surface area contributed by atoms with Crippen LogP contribution in [-0.2, 0) is 11.2 Å². The lowest BCUT2D eigenvalue weighted by atomic mass is 10.1. The van der Waals surface area contributed by atoms with Crippen LogP contribution in [0.5, 0.6) is 5.75 Å². The number of nitrogens with two attached hydrogens (primary N) is 1. The van der Waals surface area contributed by atoms with Crippen LogP contribution in [-0.4, -0.2) is 26.4 Å². The van der Waals surface area contributed by atoms with E-state index in [0.717, 1.165) is 23.2 Å². The molecule has 2 N–H and O–H groups in total. The number of benzene rings is 1. The Morgan fingerprint density at radius 3 is 2.72 bits per heavy atom. The Labute approximate surface area is 118 Å². The molecule has 18 heavy (non-hydrogen) atoms. The third-order valence-electron chi connectivity index (χ3n) is 2.38. The molecule has 0 amide bonds. The van der Waals surface area contributed by atoms with Gasteiger partial charge in [0.25, 0.3) is 0 Å². The average Bonchev–Trinajstić information content (AvgIpc) is 2.32. The fourth-order valence-electron chi connectivity index (χ4n) is 1.53. The molecule has 0 aliphatic carbocycles. The zero-order chi connectivity index (χ0) is 13.4. The lowest BCUT2D eigenvalue weighted by Gasteiger charge is -2.10. The van der Waals surface area contributed by atoms with Gasteiger partial charge in [-0.2, -0.15) is 0 Å². The van der Waals surface area contributed by atoms with Gasteiger partial charge < -0.3 is 15.2 Å². The fraction of sp³-hybridized carbons (Fsp3) is 0.571. The van der Waals surface area contributed by atoms with Crippen LogP contribution >= 0.6 is 15.9 Å². The average molecular weight is 316 g/mol. The summed E-state index contributed by atoms with van der Waals surface area (Å²) in [7, 11) is 0.